The summed E-state index contributed by atoms with van der Waals surface area (Å²) in [6, 6.07) is -1.16. The molecule has 0 radical (unpaired) electrons. The Hall–Kier alpha value is -1.63. The summed E-state index contributed by atoms with van der Waals surface area (Å²) < 4.78 is 0. The summed E-state index contributed by atoms with van der Waals surface area (Å²) in [5, 5.41) is 16.5. The van der Waals surface area contributed by atoms with Crippen LogP contribution in [0.5, 0.6) is 0 Å². The monoisotopic (exact) mass is 304 g/mol. The first-order valence-corrected chi connectivity index (χ1v) is 7.29. The number of unbranched alkanes of at least 4 members (excludes halogenated alkanes) is 6. The fourth-order valence-corrected chi connectivity index (χ4v) is 1.54. The molecule has 6 N–H and O–H groups in total. The molecule has 0 aromatic heterocycles. The van der Waals surface area contributed by atoms with E-state index in [0.717, 1.165) is 12.8 Å². The van der Waals surface area contributed by atoms with E-state index >= 15 is 0 Å². The van der Waals surface area contributed by atoms with Gasteiger partial charge in [0.05, 0.1) is 6.42 Å². The van der Waals surface area contributed by atoms with Crippen molar-refractivity contribution in [3.05, 3.63) is 0 Å². The van der Waals surface area contributed by atoms with Gasteiger partial charge in [0, 0.05) is 6.42 Å². The van der Waals surface area contributed by atoms with Crippen LogP contribution in [-0.2, 0) is 14.4 Å². The van der Waals surface area contributed by atoms with Crippen molar-refractivity contribution in [2.24, 2.45) is 11.5 Å². The molecule has 0 aromatic rings. The zero-order valence-electron chi connectivity index (χ0n) is 12.7. The van der Waals surface area contributed by atoms with E-state index in [9.17, 15) is 14.4 Å². The van der Waals surface area contributed by atoms with Crippen LogP contribution in [0.1, 0.15) is 64.7 Å². The van der Waals surface area contributed by atoms with E-state index in [2.05, 4.69) is 12.7 Å². The van der Waals surface area contributed by atoms with Crippen LogP contribution in [0.15, 0.2) is 0 Å². The normalized spacial score (nSPS) is 11.1. The first-order chi connectivity index (χ1) is 9.81. The van der Waals surface area contributed by atoms with Crippen molar-refractivity contribution >= 4 is 17.8 Å². The second-order valence-electron chi connectivity index (χ2n) is 4.88. The van der Waals surface area contributed by atoms with Crippen molar-refractivity contribution < 1.29 is 24.6 Å². The Morgan fingerprint density at radius 3 is 1.76 bits per heavy atom. The fraction of sp³-hybridized carbons (Fsp3) is 0.786. The molecule has 21 heavy (non-hydrogen) atoms. The molecule has 0 heterocycles. The van der Waals surface area contributed by atoms with E-state index in [-0.39, 0.29) is 6.42 Å². The second-order valence-corrected chi connectivity index (χ2v) is 4.88. The SMILES string of the molecule is CCCCCCCCCC(=O)O.NC(=O)CC(N)C(=O)O. The molecule has 1 atom stereocenters. The maximum absolute atomic E-state index is 10.1. The second kappa shape index (κ2) is 14.8. The van der Waals surface area contributed by atoms with Gasteiger partial charge in [-0.2, -0.15) is 0 Å². The summed E-state index contributed by atoms with van der Waals surface area (Å²) in [6.45, 7) is 2.20. The van der Waals surface area contributed by atoms with Crippen LogP contribution in [0, 0.1) is 0 Å². The van der Waals surface area contributed by atoms with Crippen LogP contribution in [0.25, 0.3) is 0 Å². The van der Waals surface area contributed by atoms with E-state index < -0.39 is 23.9 Å². The number of primary amides is 1. The minimum absolute atomic E-state index is 0.310. The molecule has 0 saturated carbocycles. The number of hydrogen-bond acceptors (Lipinski definition) is 4. The molecular formula is C14H28N2O5. The lowest BCUT2D eigenvalue weighted by Crippen LogP contribution is -2.34. The lowest BCUT2D eigenvalue weighted by atomic mass is 10.1. The molecule has 0 aliphatic rings. The van der Waals surface area contributed by atoms with E-state index in [0.29, 0.717) is 6.42 Å². The molecule has 124 valence electrons. The minimum atomic E-state index is -1.21. The zero-order valence-corrected chi connectivity index (χ0v) is 12.7. The molecule has 0 aliphatic carbocycles. The summed E-state index contributed by atoms with van der Waals surface area (Å²) in [6.07, 6.45) is 8.33. The number of carbonyl (C=O) groups excluding carboxylic acids is 1. The van der Waals surface area contributed by atoms with Gasteiger partial charge < -0.3 is 21.7 Å². The van der Waals surface area contributed by atoms with E-state index in [1.54, 1.807) is 0 Å². The van der Waals surface area contributed by atoms with Crippen molar-refractivity contribution in [1.29, 1.82) is 0 Å². The molecule has 7 heteroatoms. The molecule has 0 bridgehead atoms. The predicted molar refractivity (Wildman–Crippen MR) is 79.7 cm³/mol. The van der Waals surface area contributed by atoms with E-state index in [1.807, 2.05) is 0 Å². The summed E-state index contributed by atoms with van der Waals surface area (Å²) in [5.74, 6) is -2.58. The standard InChI is InChI=1S/C10H20O2.C4H8N2O3/c1-2-3-4-5-6-7-8-9-10(11)12;5-2(4(8)9)1-3(6)7/h2-9H2,1H3,(H,11,12);2H,1,5H2,(H2,6,7)(H,8,9). The maximum Gasteiger partial charge on any atom is 0.321 e. The Morgan fingerprint density at radius 1 is 0.952 bits per heavy atom. The Morgan fingerprint density at radius 2 is 1.43 bits per heavy atom. The number of carboxylic acids is 2. The lowest BCUT2D eigenvalue weighted by molar-refractivity contribution is -0.140. The molecule has 0 aliphatic heterocycles. The van der Waals surface area contributed by atoms with Gasteiger partial charge in [-0.1, -0.05) is 45.4 Å². The molecule has 7 nitrogen and oxygen atoms in total. The van der Waals surface area contributed by atoms with Crippen molar-refractivity contribution in [2.45, 2.75) is 70.8 Å². The molecular weight excluding hydrogens is 276 g/mol. The lowest BCUT2D eigenvalue weighted by Gasteiger charge is -1.99. The maximum atomic E-state index is 10.1. The third-order valence-electron chi connectivity index (χ3n) is 2.73. The number of rotatable bonds is 11. The Labute approximate surface area is 125 Å². The van der Waals surface area contributed by atoms with Gasteiger partial charge in [0.1, 0.15) is 6.04 Å². The Kier molecular flexibility index (Phi) is 15.2. The molecule has 1 amide bonds. The Balaban J connectivity index is 0. The topological polar surface area (TPSA) is 144 Å². The minimum Gasteiger partial charge on any atom is -0.481 e. The third kappa shape index (κ3) is 20.8. The number of carboxylic acid groups (broad SMARTS) is 2. The molecule has 1 unspecified atom stereocenters. The molecule has 0 fully saturated rings. The highest BCUT2D eigenvalue weighted by atomic mass is 16.4. The van der Waals surface area contributed by atoms with Crippen LogP contribution in [0.3, 0.4) is 0 Å². The first-order valence-electron chi connectivity index (χ1n) is 7.29. The Bertz CT molecular complexity index is 308. The summed E-state index contributed by atoms with van der Waals surface area (Å²) in [7, 11) is 0. The van der Waals surface area contributed by atoms with Gasteiger partial charge in [0.2, 0.25) is 5.91 Å². The van der Waals surface area contributed by atoms with Crippen LogP contribution in [0.2, 0.25) is 0 Å². The van der Waals surface area contributed by atoms with Gasteiger partial charge in [-0.25, -0.2) is 0 Å². The first kappa shape index (κ1) is 21.7. The summed E-state index contributed by atoms with van der Waals surface area (Å²) >= 11 is 0. The van der Waals surface area contributed by atoms with Gasteiger partial charge in [-0.3, -0.25) is 14.4 Å². The smallest absolute Gasteiger partial charge is 0.321 e. The van der Waals surface area contributed by atoms with Crippen LogP contribution in [0.4, 0.5) is 0 Å². The summed E-state index contributed by atoms with van der Waals surface area (Å²) in [4.78, 5) is 30.0. The van der Waals surface area contributed by atoms with Gasteiger partial charge in [0.25, 0.3) is 0 Å². The van der Waals surface area contributed by atoms with Crippen LogP contribution in [-0.4, -0.2) is 34.1 Å². The number of amides is 1. The predicted octanol–water partition coefficient (Wildman–Crippen LogP) is 1.49. The van der Waals surface area contributed by atoms with Gasteiger partial charge in [-0.15, -0.1) is 0 Å². The quantitative estimate of drug-likeness (QED) is 0.426. The average Bonchev–Trinajstić information content (AvgIpc) is 2.37. The molecule has 0 saturated heterocycles. The number of aliphatic carboxylic acids is 2. The van der Waals surface area contributed by atoms with Crippen molar-refractivity contribution in [1.82, 2.24) is 0 Å². The van der Waals surface area contributed by atoms with Crippen molar-refractivity contribution in [3.8, 4) is 0 Å². The highest BCUT2D eigenvalue weighted by molar-refractivity contribution is 5.83. The largest absolute Gasteiger partial charge is 0.481 e. The molecule has 0 aromatic carbocycles. The zero-order chi connectivity index (χ0) is 16.7. The number of hydrogen-bond donors (Lipinski definition) is 4. The van der Waals surface area contributed by atoms with E-state index in [1.165, 1.54) is 32.1 Å². The van der Waals surface area contributed by atoms with Crippen molar-refractivity contribution in [3.63, 3.8) is 0 Å². The number of nitrogens with two attached hydrogens (primary N) is 2. The van der Waals surface area contributed by atoms with Crippen LogP contribution >= 0.6 is 0 Å². The van der Waals surface area contributed by atoms with Gasteiger partial charge in [0.15, 0.2) is 0 Å². The van der Waals surface area contributed by atoms with Crippen LogP contribution < -0.4 is 11.5 Å². The highest BCUT2D eigenvalue weighted by Gasteiger charge is 2.13. The number of carbonyl (C=O) groups is 3. The average molecular weight is 304 g/mol. The fourth-order valence-electron chi connectivity index (χ4n) is 1.54. The van der Waals surface area contributed by atoms with Gasteiger partial charge in [-0.05, 0) is 6.42 Å². The van der Waals surface area contributed by atoms with E-state index in [4.69, 9.17) is 15.9 Å². The molecule has 0 spiro atoms. The molecule has 0 rings (SSSR count). The van der Waals surface area contributed by atoms with Crippen molar-refractivity contribution in [2.75, 3.05) is 0 Å². The third-order valence-corrected chi connectivity index (χ3v) is 2.73. The summed E-state index contributed by atoms with van der Waals surface area (Å²) in [5.41, 5.74) is 9.57. The highest BCUT2D eigenvalue weighted by Crippen LogP contribution is 2.07. The van der Waals surface area contributed by atoms with Gasteiger partial charge >= 0.3 is 11.9 Å².